The van der Waals surface area contributed by atoms with E-state index in [-0.39, 0.29) is 45.1 Å². The Hall–Kier alpha value is -5.35. The molecule has 0 aliphatic carbocycles. The van der Waals surface area contributed by atoms with Crippen LogP contribution in [0, 0.1) is 6.92 Å². The molecule has 7 rings (SSSR count). The van der Waals surface area contributed by atoms with E-state index >= 15 is 0 Å². The quantitative estimate of drug-likeness (QED) is 0.108. The predicted molar refractivity (Wildman–Crippen MR) is 199 cm³/mol. The summed E-state index contributed by atoms with van der Waals surface area (Å²) in [7, 11) is -2.75. The fraction of sp³-hybridized carbons (Fsp3) is 0.262. The normalized spacial score (nSPS) is 15.7. The van der Waals surface area contributed by atoms with Crippen molar-refractivity contribution in [3.05, 3.63) is 142 Å². The number of fused-ring (bicyclic) bond motifs is 3. The van der Waals surface area contributed by atoms with Gasteiger partial charge in [-0.3, -0.25) is 0 Å². The molecule has 0 saturated carbocycles. The average molecular weight is 815 g/mol. The zero-order chi connectivity index (χ0) is 42.0. The van der Waals surface area contributed by atoms with E-state index in [1.165, 1.54) is 6.07 Å². The third kappa shape index (κ3) is 7.55. The number of hydrogen-bond donors (Lipinski definition) is 0. The van der Waals surface area contributed by atoms with Gasteiger partial charge in [-0.05, 0) is 29.5 Å². The first-order valence-corrected chi connectivity index (χ1v) is 17.8. The maximum absolute atomic E-state index is 14.5. The topological polar surface area (TPSA) is 45.0 Å². The molecule has 0 bridgehead atoms. The molecule has 0 saturated heterocycles. The SMILES string of the molecule is Cc1ccc(C2=N/C(=C3/c4ccccc4Oc4cc(-c5ccc(C(C)(C)C)cc5)n(B(OCC(F)(F)C(F)(F)F)OCC(F)(F)C(F)(F)F)c43)c3ccccc32)cc1. The van der Waals surface area contributed by atoms with Crippen LogP contribution in [0.1, 0.15) is 59.8 Å². The number of para-hydroxylation sites is 1. The Bertz CT molecular complexity index is 2380. The van der Waals surface area contributed by atoms with E-state index in [1.807, 2.05) is 58.0 Å². The van der Waals surface area contributed by atoms with Crippen LogP contribution in [0.5, 0.6) is 11.5 Å². The number of halogens is 10. The second-order valence-electron chi connectivity index (χ2n) is 15.0. The summed E-state index contributed by atoms with van der Waals surface area (Å²) in [6.45, 7) is 2.68. The third-order valence-corrected chi connectivity index (χ3v) is 9.74. The number of benzene rings is 4. The van der Waals surface area contributed by atoms with E-state index in [0.717, 1.165) is 15.6 Å². The predicted octanol–water partition coefficient (Wildman–Crippen LogP) is 11.9. The molecule has 5 nitrogen and oxygen atoms in total. The molecule has 16 heteroatoms. The number of nitrogens with zero attached hydrogens (tertiary/aromatic N) is 2. The lowest BCUT2D eigenvalue weighted by atomic mass is 9.86. The van der Waals surface area contributed by atoms with Crippen molar-refractivity contribution in [3.63, 3.8) is 0 Å². The second-order valence-corrected chi connectivity index (χ2v) is 15.0. The van der Waals surface area contributed by atoms with Crippen LogP contribution in [0.4, 0.5) is 43.9 Å². The summed E-state index contributed by atoms with van der Waals surface area (Å²) in [5.74, 6) is -11.0. The molecule has 58 heavy (non-hydrogen) atoms. The van der Waals surface area contributed by atoms with Gasteiger partial charge in [0.2, 0.25) is 0 Å². The van der Waals surface area contributed by atoms with Crippen LogP contribution in [0.3, 0.4) is 0 Å². The van der Waals surface area contributed by atoms with Gasteiger partial charge in [-0.15, -0.1) is 0 Å². The minimum absolute atomic E-state index is 0.0741. The Kier molecular flexibility index (Phi) is 10.2. The molecule has 0 radical (unpaired) electrons. The van der Waals surface area contributed by atoms with E-state index in [9.17, 15) is 43.9 Å². The Morgan fingerprint density at radius 3 is 1.69 bits per heavy atom. The first-order valence-electron chi connectivity index (χ1n) is 17.8. The first kappa shape index (κ1) is 40.8. The van der Waals surface area contributed by atoms with Crippen molar-refractivity contribution in [1.82, 2.24) is 4.48 Å². The number of aliphatic imine (C=N–C) groups is 1. The van der Waals surface area contributed by atoms with Gasteiger partial charge in [0.1, 0.15) is 19.0 Å². The summed E-state index contributed by atoms with van der Waals surface area (Å²) in [4.78, 5) is 5.04. The molecule has 0 fully saturated rings. The van der Waals surface area contributed by atoms with Gasteiger partial charge in [0.05, 0.1) is 17.1 Å². The van der Waals surface area contributed by atoms with E-state index in [4.69, 9.17) is 19.0 Å². The largest absolute Gasteiger partial charge is 0.598 e. The third-order valence-electron chi connectivity index (χ3n) is 9.74. The standard InChI is InChI=1S/C42H33BF10N2O3/c1-24-13-15-26(16-14-24)35-28-9-5-6-10-29(28)36(54-35)34-30-11-7-8-12-32(30)58-33-21-31(25-17-19-27(20-18-25)38(2,3)4)55(37(33)34)43(56-22-39(44,45)41(48,49)50)57-23-40(46,47)42(51,52)53/h5-21H,22-23H2,1-4H3/b36-34-. The fourth-order valence-corrected chi connectivity index (χ4v) is 6.62. The zero-order valence-electron chi connectivity index (χ0n) is 31.2. The van der Waals surface area contributed by atoms with Crippen molar-refractivity contribution >= 4 is 24.2 Å². The number of aryl methyl sites for hydroxylation is 1. The van der Waals surface area contributed by atoms with Crippen LogP contribution in [0.2, 0.25) is 0 Å². The van der Waals surface area contributed by atoms with Crippen LogP contribution in [0.25, 0.3) is 22.5 Å². The molecule has 5 aromatic rings. The molecule has 0 unspecified atom stereocenters. The summed E-state index contributed by atoms with van der Waals surface area (Å²) < 4.78 is 156. The molecule has 0 amide bonds. The van der Waals surface area contributed by atoms with Crippen molar-refractivity contribution in [2.24, 2.45) is 4.99 Å². The van der Waals surface area contributed by atoms with Crippen molar-refractivity contribution in [2.75, 3.05) is 13.2 Å². The maximum atomic E-state index is 14.5. The molecule has 0 spiro atoms. The smallest absolute Gasteiger partial charge is 0.454 e. The van der Waals surface area contributed by atoms with Gasteiger partial charge in [-0.2, -0.15) is 43.9 Å². The van der Waals surface area contributed by atoms with Crippen LogP contribution in [-0.2, 0) is 14.7 Å². The molecular weight excluding hydrogens is 781 g/mol. The lowest BCUT2D eigenvalue weighted by molar-refractivity contribution is -0.295. The molecule has 0 atom stereocenters. The maximum Gasteiger partial charge on any atom is 0.598 e. The van der Waals surface area contributed by atoms with Gasteiger partial charge >= 0.3 is 31.5 Å². The fourth-order valence-electron chi connectivity index (χ4n) is 6.62. The van der Waals surface area contributed by atoms with Crippen LogP contribution < -0.4 is 4.74 Å². The molecule has 2 aliphatic heterocycles. The van der Waals surface area contributed by atoms with Crippen LogP contribution in [-0.4, -0.2) is 54.9 Å². The van der Waals surface area contributed by atoms with Crippen molar-refractivity contribution < 1.29 is 57.9 Å². The summed E-state index contributed by atoms with van der Waals surface area (Å²) in [6, 6.07) is 28.9. The highest BCUT2D eigenvalue weighted by molar-refractivity contribution is 6.44. The van der Waals surface area contributed by atoms with Crippen molar-refractivity contribution in [2.45, 2.75) is 57.3 Å². The number of aromatic nitrogens is 1. The summed E-state index contributed by atoms with van der Waals surface area (Å²) in [5.41, 5.74) is 4.57. The van der Waals surface area contributed by atoms with Crippen LogP contribution >= 0.6 is 0 Å². The van der Waals surface area contributed by atoms with Gasteiger partial charge in [0.15, 0.2) is 5.75 Å². The molecule has 302 valence electrons. The Labute approximate surface area is 326 Å². The van der Waals surface area contributed by atoms with E-state index in [2.05, 4.69) is 0 Å². The minimum atomic E-state index is -6.18. The molecule has 1 aromatic heterocycles. The van der Waals surface area contributed by atoms with Gasteiger partial charge in [0.25, 0.3) is 0 Å². The van der Waals surface area contributed by atoms with Crippen LogP contribution in [0.15, 0.2) is 108 Å². The molecule has 2 aliphatic rings. The Morgan fingerprint density at radius 2 is 1.14 bits per heavy atom. The zero-order valence-corrected chi connectivity index (χ0v) is 31.2. The Balaban J connectivity index is 1.54. The van der Waals surface area contributed by atoms with Gasteiger partial charge in [0, 0.05) is 39.6 Å². The highest BCUT2D eigenvalue weighted by atomic mass is 19.4. The lowest BCUT2D eigenvalue weighted by Gasteiger charge is -2.29. The van der Waals surface area contributed by atoms with E-state index in [0.29, 0.717) is 28.0 Å². The summed E-state index contributed by atoms with van der Waals surface area (Å²) >= 11 is 0. The van der Waals surface area contributed by atoms with Gasteiger partial charge in [-0.25, -0.2) is 4.99 Å². The van der Waals surface area contributed by atoms with E-state index in [1.54, 1.807) is 66.7 Å². The number of rotatable bonds is 9. The summed E-state index contributed by atoms with van der Waals surface area (Å²) in [6.07, 6.45) is -12.4. The highest BCUT2D eigenvalue weighted by Gasteiger charge is 2.60. The average Bonchev–Trinajstić information content (AvgIpc) is 3.72. The van der Waals surface area contributed by atoms with E-state index < -0.39 is 44.7 Å². The Morgan fingerprint density at radius 1 is 0.621 bits per heavy atom. The summed E-state index contributed by atoms with van der Waals surface area (Å²) in [5, 5.41) is 0. The molecule has 0 N–H and O–H groups in total. The molecule has 3 heterocycles. The number of alkyl halides is 10. The lowest BCUT2D eigenvalue weighted by Crippen LogP contribution is -2.48. The van der Waals surface area contributed by atoms with Gasteiger partial charge < -0.3 is 18.5 Å². The first-order chi connectivity index (χ1) is 27.1. The highest BCUT2D eigenvalue weighted by Crippen LogP contribution is 2.52. The van der Waals surface area contributed by atoms with Gasteiger partial charge in [-0.1, -0.05) is 117 Å². The molecular formula is C42H33BF10N2O3. The minimum Gasteiger partial charge on any atom is -0.454 e. The molecule has 4 aromatic carbocycles. The second kappa shape index (κ2) is 14.5. The number of hydrogen-bond acceptors (Lipinski definition) is 4. The monoisotopic (exact) mass is 814 g/mol. The number of ether oxygens (including phenoxy) is 1. The van der Waals surface area contributed by atoms with Crippen molar-refractivity contribution in [3.8, 4) is 22.8 Å². The van der Waals surface area contributed by atoms with Crippen molar-refractivity contribution in [1.29, 1.82) is 0 Å².